The molecule has 2 fully saturated rings. The summed E-state index contributed by atoms with van der Waals surface area (Å²) < 4.78 is 26.9. The first-order valence-electron chi connectivity index (χ1n) is 8.88. The Morgan fingerprint density at radius 2 is 1.85 bits per heavy atom. The molecule has 1 aliphatic carbocycles. The van der Waals surface area contributed by atoms with Crippen molar-refractivity contribution in [1.82, 2.24) is 9.62 Å². The Hall–Kier alpha value is -1.93. The van der Waals surface area contributed by atoms with Crippen LogP contribution in [0, 0.1) is 11.8 Å². The number of carbonyl (C=O) groups is 2. The minimum atomic E-state index is -3.46. The van der Waals surface area contributed by atoms with Crippen LogP contribution in [0.5, 0.6) is 0 Å². The van der Waals surface area contributed by atoms with Crippen LogP contribution in [0.1, 0.15) is 31.7 Å². The number of amides is 1. The number of aliphatic carboxylic acids is 1. The fraction of sp³-hybridized carbons (Fsp3) is 0.556. The molecule has 0 aromatic heterocycles. The molecule has 142 valence electrons. The van der Waals surface area contributed by atoms with E-state index in [1.807, 2.05) is 6.92 Å². The van der Waals surface area contributed by atoms with Gasteiger partial charge in [-0.2, -0.15) is 0 Å². The van der Waals surface area contributed by atoms with Crippen LogP contribution in [0.4, 0.5) is 0 Å². The van der Waals surface area contributed by atoms with Crippen molar-refractivity contribution in [1.29, 1.82) is 0 Å². The maximum Gasteiger partial charge on any atom is 0.308 e. The van der Waals surface area contributed by atoms with Crippen molar-refractivity contribution < 1.29 is 23.1 Å². The van der Waals surface area contributed by atoms with E-state index in [0.717, 1.165) is 18.4 Å². The summed E-state index contributed by atoms with van der Waals surface area (Å²) in [5, 5.41) is 9.15. The zero-order chi connectivity index (χ0) is 18.9. The van der Waals surface area contributed by atoms with Gasteiger partial charge in [-0.3, -0.25) is 9.59 Å². The molecule has 3 rings (SSSR count). The molecule has 1 aliphatic heterocycles. The van der Waals surface area contributed by atoms with E-state index >= 15 is 0 Å². The number of likely N-dealkylation sites (tertiary alicyclic amines) is 1. The van der Waals surface area contributed by atoms with Crippen molar-refractivity contribution in [2.75, 3.05) is 13.1 Å². The number of benzene rings is 1. The highest BCUT2D eigenvalue weighted by molar-refractivity contribution is 7.89. The third-order valence-corrected chi connectivity index (χ3v) is 6.58. The number of carbonyl (C=O) groups excluding carboxylic acids is 1. The van der Waals surface area contributed by atoms with E-state index < -0.39 is 21.9 Å². The predicted octanol–water partition coefficient (Wildman–Crippen LogP) is 1.24. The van der Waals surface area contributed by atoms with Gasteiger partial charge in [-0.1, -0.05) is 19.1 Å². The number of hydrogen-bond acceptors (Lipinski definition) is 4. The average molecular weight is 380 g/mol. The number of carboxylic acids is 1. The van der Waals surface area contributed by atoms with Crippen molar-refractivity contribution in [3.8, 4) is 0 Å². The second-order valence-electron chi connectivity index (χ2n) is 7.26. The monoisotopic (exact) mass is 380 g/mol. The molecule has 1 aromatic rings. The number of carboxylic acid groups (broad SMARTS) is 1. The summed E-state index contributed by atoms with van der Waals surface area (Å²) >= 11 is 0. The first kappa shape index (κ1) is 18.8. The number of aryl methyl sites for hydroxylation is 1. The van der Waals surface area contributed by atoms with Crippen molar-refractivity contribution in [2.24, 2.45) is 11.8 Å². The molecular weight excluding hydrogens is 356 g/mol. The molecule has 1 amide bonds. The number of nitrogens with zero attached hydrogens (tertiary/aromatic N) is 1. The fourth-order valence-electron chi connectivity index (χ4n) is 3.23. The van der Waals surface area contributed by atoms with E-state index in [-0.39, 0.29) is 35.7 Å². The zero-order valence-electron chi connectivity index (χ0n) is 14.7. The highest BCUT2D eigenvalue weighted by Gasteiger charge is 2.36. The summed E-state index contributed by atoms with van der Waals surface area (Å²) in [6.45, 7) is 2.58. The summed E-state index contributed by atoms with van der Waals surface area (Å²) in [5.74, 6) is -1.46. The number of hydrogen-bond donors (Lipinski definition) is 2. The second kappa shape index (κ2) is 7.36. The van der Waals surface area contributed by atoms with E-state index in [4.69, 9.17) is 5.11 Å². The average Bonchev–Trinajstić information content (AvgIpc) is 3.30. The summed E-state index contributed by atoms with van der Waals surface area (Å²) in [5.41, 5.74) is 0.880. The molecule has 1 heterocycles. The minimum Gasteiger partial charge on any atom is -0.481 e. The van der Waals surface area contributed by atoms with Crippen LogP contribution < -0.4 is 4.72 Å². The van der Waals surface area contributed by atoms with Crippen LogP contribution >= 0.6 is 0 Å². The number of sulfonamides is 1. The molecule has 2 N–H and O–H groups in total. The SMILES string of the molecule is C[C@@H]1CN(C(=O)CCc2ccc(S(=O)(=O)NC3CC3)cc2)C[C@H]1C(=O)O. The van der Waals surface area contributed by atoms with Gasteiger partial charge in [0, 0.05) is 25.6 Å². The van der Waals surface area contributed by atoms with Crippen LogP contribution in [0.15, 0.2) is 29.2 Å². The van der Waals surface area contributed by atoms with Crippen molar-refractivity contribution in [3.63, 3.8) is 0 Å². The van der Waals surface area contributed by atoms with Gasteiger partial charge < -0.3 is 10.0 Å². The minimum absolute atomic E-state index is 0.0418. The van der Waals surface area contributed by atoms with Gasteiger partial charge in [-0.05, 0) is 42.9 Å². The Morgan fingerprint density at radius 1 is 1.19 bits per heavy atom. The Kier molecular flexibility index (Phi) is 5.34. The van der Waals surface area contributed by atoms with Gasteiger partial charge in [-0.15, -0.1) is 0 Å². The Balaban J connectivity index is 1.53. The van der Waals surface area contributed by atoms with Gasteiger partial charge >= 0.3 is 5.97 Å². The Bertz CT molecular complexity index is 786. The van der Waals surface area contributed by atoms with Crippen molar-refractivity contribution in [2.45, 2.75) is 43.5 Å². The lowest BCUT2D eigenvalue weighted by molar-refractivity contribution is -0.142. The summed E-state index contributed by atoms with van der Waals surface area (Å²) in [7, 11) is -3.46. The normalized spacial score (nSPS) is 23.2. The maximum atomic E-state index is 12.3. The van der Waals surface area contributed by atoms with E-state index in [0.29, 0.717) is 13.0 Å². The molecule has 1 aromatic carbocycles. The largest absolute Gasteiger partial charge is 0.481 e. The summed E-state index contributed by atoms with van der Waals surface area (Å²) in [6, 6.07) is 6.63. The topological polar surface area (TPSA) is 104 Å². The number of rotatable bonds is 7. The van der Waals surface area contributed by atoms with Crippen LogP contribution in [0.25, 0.3) is 0 Å². The van der Waals surface area contributed by atoms with E-state index in [1.165, 1.54) is 0 Å². The van der Waals surface area contributed by atoms with Crippen LogP contribution in [-0.2, 0) is 26.0 Å². The molecule has 8 heteroatoms. The molecule has 1 saturated heterocycles. The number of nitrogens with one attached hydrogen (secondary N) is 1. The zero-order valence-corrected chi connectivity index (χ0v) is 15.5. The van der Waals surface area contributed by atoms with Crippen LogP contribution in [0.3, 0.4) is 0 Å². The van der Waals surface area contributed by atoms with Crippen LogP contribution in [0.2, 0.25) is 0 Å². The lowest BCUT2D eigenvalue weighted by atomic mass is 9.99. The molecule has 7 nitrogen and oxygen atoms in total. The van der Waals surface area contributed by atoms with Gasteiger partial charge in [0.15, 0.2) is 0 Å². The third-order valence-electron chi connectivity index (χ3n) is 5.04. The van der Waals surface area contributed by atoms with Crippen molar-refractivity contribution in [3.05, 3.63) is 29.8 Å². The summed E-state index contributed by atoms with van der Waals surface area (Å²) in [4.78, 5) is 25.3. The van der Waals surface area contributed by atoms with E-state index in [2.05, 4.69) is 4.72 Å². The molecule has 2 aliphatic rings. The molecule has 0 bridgehead atoms. The van der Waals surface area contributed by atoms with Gasteiger partial charge in [0.2, 0.25) is 15.9 Å². The predicted molar refractivity (Wildman–Crippen MR) is 95.0 cm³/mol. The van der Waals surface area contributed by atoms with Crippen LogP contribution in [-0.4, -0.2) is 49.4 Å². The second-order valence-corrected chi connectivity index (χ2v) is 8.97. The Morgan fingerprint density at radius 3 is 2.38 bits per heavy atom. The molecule has 0 unspecified atom stereocenters. The quantitative estimate of drug-likeness (QED) is 0.741. The maximum absolute atomic E-state index is 12.3. The lowest BCUT2D eigenvalue weighted by Crippen LogP contribution is -2.30. The molecule has 26 heavy (non-hydrogen) atoms. The third kappa shape index (κ3) is 4.42. The lowest BCUT2D eigenvalue weighted by Gasteiger charge is -2.16. The van der Waals surface area contributed by atoms with Gasteiger partial charge in [0.05, 0.1) is 10.8 Å². The summed E-state index contributed by atoms with van der Waals surface area (Å²) in [6.07, 6.45) is 2.55. The smallest absolute Gasteiger partial charge is 0.308 e. The first-order chi connectivity index (χ1) is 12.3. The molecule has 0 spiro atoms. The highest BCUT2D eigenvalue weighted by atomic mass is 32.2. The van der Waals surface area contributed by atoms with Gasteiger partial charge in [0.25, 0.3) is 0 Å². The highest BCUT2D eigenvalue weighted by Crippen LogP contribution is 2.24. The van der Waals surface area contributed by atoms with Crippen molar-refractivity contribution >= 4 is 21.9 Å². The molecule has 1 saturated carbocycles. The van der Waals surface area contributed by atoms with E-state index in [1.54, 1.807) is 29.2 Å². The van der Waals surface area contributed by atoms with Gasteiger partial charge in [0.1, 0.15) is 0 Å². The molecule has 2 atom stereocenters. The van der Waals surface area contributed by atoms with Gasteiger partial charge in [-0.25, -0.2) is 13.1 Å². The Labute approximate surface area is 153 Å². The molecular formula is C18H24N2O5S. The first-order valence-corrected chi connectivity index (χ1v) is 10.4. The standard InChI is InChI=1S/C18H24N2O5S/c1-12-10-20(11-16(12)18(22)23)17(21)9-4-13-2-7-15(8-3-13)26(24,25)19-14-5-6-14/h2-3,7-8,12,14,16,19H,4-6,9-11H2,1H3,(H,22,23)/t12-,16-/m1/s1. The molecule has 0 radical (unpaired) electrons. The fourth-order valence-corrected chi connectivity index (χ4v) is 4.53. The van der Waals surface area contributed by atoms with E-state index in [9.17, 15) is 18.0 Å².